The van der Waals surface area contributed by atoms with Crippen molar-refractivity contribution in [2.45, 2.75) is 64.3 Å². The van der Waals surface area contributed by atoms with Crippen LogP contribution in [-0.4, -0.2) is 41.7 Å². The predicted octanol–water partition coefficient (Wildman–Crippen LogP) is 5.16. The summed E-state index contributed by atoms with van der Waals surface area (Å²) in [6.07, 6.45) is 0.620. The minimum Gasteiger partial charge on any atom is -0.494 e. The van der Waals surface area contributed by atoms with E-state index in [9.17, 15) is 5.11 Å². The molecular formula is C26H36NO2+. The second-order valence-electron chi connectivity index (χ2n) is 9.79. The molecule has 0 amide bonds. The van der Waals surface area contributed by atoms with Crippen molar-refractivity contribution in [3.8, 4) is 0 Å². The molecule has 0 spiro atoms. The Labute approximate surface area is 175 Å². The predicted molar refractivity (Wildman–Crippen MR) is 122 cm³/mol. The van der Waals surface area contributed by atoms with Gasteiger partial charge in [0.2, 0.25) is 5.54 Å². The highest BCUT2D eigenvalue weighted by Gasteiger charge is 2.60. The molecule has 156 valence electrons. The van der Waals surface area contributed by atoms with Gasteiger partial charge in [-0.1, -0.05) is 51.6 Å². The zero-order valence-corrected chi connectivity index (χ0v) is 19.3. The summed E-state index contributed by atoms with van der Waals surface area (Å²) < 4.78 is 8.02. The Morgan fingerprint density at radius 3 is 2.28 bits per heavy atom. The van der Waals surface area contributed by atoms with Crippen molar-refractivity contribution in [1.82, 2.24) is 0 Å². The van der Waals surface area contributed by atoms with Crippen molar-refractivity contribution in [3.63, 3.8) is 0 Å². The van der Waals surface area contributed by atoms with Gasteiger partial charge in [0.15, 0.2) is 11.5 Å². The Balaban J connectivity index is 2.57. The lowest BCUT2D eigenvalue weighted by atomic mass is 9.59. The molecule has 3 heteroatoms. The minimum atomic E-state index is -0.492. The van der Waals surface area contributed by atoms with Crippen LogP contribution in [0.2, 0.25) is 0 Å². The number of fused-ring (bicyclic) bond motifs is 3. The highest BCUT2D eigenvalue weighted by atomic mass is 16.5. The second kappa shape index (κ2) is 6.98. The third kappa shape index (κ3) is 2.85. The lowest BCUT2D eigenvalue weighted by Gasteiger charge is -2.47. The van der Waals surface area contributed by atoms with E-state index < -0.39 is 5.54 Å². The van der Waals surface area contributed by atoms with Crippen LogP contribution in [0.25, 0.3) is 10.8 Å². The zero-order chi connectivity index (χ0) is 21.8. The number of aliphatic hydroxyl groups excluding tert-OH is 1. The van der Waals surface area contributed by atoms with Gasteiger partial charge in [0.1, 0.15) is 7.05 Å². The lowest BCUT2D eigenvalue weighted by molar-refractivity contribution is -0.588. The monoisotopic (exact) mass is 394 g/mol. The van der Waals surface area contributed by atoms with E-state index in [1.54, 1.807) is 7.11 Å². The number of likely N-dealkylation sites (N-methyl/N-ethyl adjacent to an activating group) is 1. The fourth-order valence-corrected chi connectivity index (χ4v) is 5.29. The first-order chi connectivity index (χ1) is 13.4. The average Bonchev–Trinajstić information content (AvgIpc) is 2.68. The van der Waals surface area contributed by atoms with Crippen LogP contribution in [0.15, 0.2) is 42.7 Å². The van der Waals surface area contributed by atoms with Crippen LogP contribution in [0.4, 0.5) is 0 Å². The van der Waals surface area contributed by atoms with Gasteiger partial charge in [-0.15, -0.1) is 0 Å². The first kappa shape index (κ1) is 21.6. The maximum atomic E-state index is 10.1. The van der Waals surface area contributed by atoms with Gasteiger partial charge in [-0.3, -0.25) is 0 Å². The SMILES string of the molecule is C=C(OC)C1(C)[N+](C)=C(C)c2cc(C(C)(C)C)c3ccccc3c2C1(C)CCO. The molecule has 2 aromatic carbocycles. The molecule has 2 unspecified atom stereocenters. The van der Waals surface area contributed by atoms with Crippen LogP contribution >= 0.6 is 0 Å². The first-order valence-electron chi connectivity index (χ1n) is 10.4. The summed E-state index contributed by atoms with van der Waals surface area (Å²) in [5, 5.41) is 12.6. The number of hydrogen-bond donors (Lipinski definition) is 1. The third-order valence-electron chi connectivity index (χ3n) is 7.44. The molecule has 29 heavy (non-hydrogen) atoms. The molecule has 1 N–H and O–H groups in total. The summed E-state index contributed by atoms with van der Waals surface area (Å²) in [5.41, 5.74) is 4.24. The Morgan fingerprint density at radius 2 is 1.76 bits per heavy atom. The number of methoxy groups -OCH3 is 1. The largest absolute Gasteiger partial charge is 0.494 e. The number of benzene rings is 2. The van der Waals surface area contributed by atoms with E-state index in [0.29, 0.717) is 12.2 Å². The molecule has 0 fully saturated rings. The topological polar surface area (TPSA) is 32.5 Å². The van der Waals surface area contributed by atoms with E-state index in [-0.39, 0.29) is 17.4 Å². The van der Waals surface area contributed by atoms with E-state index in [1.165, 1.54) is 33.2 Å². The summed E-state index contributed by atoms with van der Waals surface area (Å²) in [6, 6.07) is 11.1. The van der Waals surface area contributed by atoms with Crippen molar-refractivity contribution in [2.24, 2.45) is 0 Å². The van der Waals surface area contributed by atoms with E-state index >= 15 is 0 Å². The molecule has 1 aliphatic rings. The normalized spacial score (nSPS) is 24.6. The van der Waals surface area contributed by atoms with Crippen molar-refractivity contribution >= 4 is 16.5 Å². The molecule has 0 saturated carbocycles. The Kier molecular flexibility index (Phi) is 5.20. The molecule has 0 radical (unpaired) electrons. The molecule has 0 aliphatic carbocycles. The summed E-state index contributed by atoms with van der Waals surface area (Å²) >= 11 is 0. The van der Waals surface area contributed by atoms with E-state index in [0.717, 1.165) is 0 Å². The number of hydrogen-bond acceptors (Lipinski definition) is 2. The van der Waals surface area contributed by atoms with Crippen molar-refractivity contribution < 1.29 is 14.4 Å². The van der Waals surface area contributed by atoms with Crippen LogP contribution in [-0.2, 0) is 15.6 Å². The van der Waals surface area contributed by atoms with Gasteiger partial charge < -0.3 is 9.84 Å². The van der Waals surface area contributed by atoms with Gasteiger partial charge in [0.25, 0.3) is 0 Å². The number of ether oxygens (including phenoxy) is 1. The molecule has 0 bridgehead atoms. The van der Waals surface area contributed by atoms with Crippen LogP contribution in [0.1, 0.15) is 64.7 Å². The van der Waals surface area contributed by atoms with Crippen molar-refractivity contribution in [3.05, 3.63) is 59.4 Å². The molecule has 2 aromatic rings. The highest BCUT2D eigenvalue weighted by Crippen LogP contribution is 2.51. The van der Waals surface area contributed by atoms with Crippen LogP contribution in [0, 0.1) is 0 Å². The molecular weight excluding hydrogens is 358 g/mol. The van der Waals surface area contributed by atoms with Gasteiger partial charge in [0.05, 0.1) is 12.5 Å². The quantitative estimate of drug-likeness (QED) is 0.574. The lowest BCUT2D eigenvalue weighted by Crippen LogP contribution is -2.60. The first-order valence-corrected chi connectivity index (χ1v) is 10.4. The smallest absolute Gasteiger partial charge is 0.224 e. The zero-order valence-electron chi connectivity index (χ0n) is 19.3. The fraction of sp³-hybridized carbons (Fsp3) is 0.500. The van der Waals surface area contributed by atoms with Crippen molar-refractivity contribution in [2.75, 3.05) is 20.8 Å². The molecule has 3 nitrogen and oxygen atoms in total. The summed E-state index contributed by atoms with van der Waals surface area (Å²) in [4.78, 5) is 0. The van der Waals surface area contributed by atoms with Crippen LogP contribution in [0.3, 0.4) is 0 Å². The van der Waals surface area contributed by atoms with Gasteiger partial charge in [0, 0.05) is 26.0 Å². The van der Waals surface area contributed by atoms with Gasteiger partial charge in [-0.05, 0) is 46.7 Å². The third-order valence-corrected chi connectivity index (χ3v) is 7.44. The van der Waals surface area contributed by atoms with E-state index in [1.807, 2.05) is 0 Å². The Morgan fingerprint density at radius 1 is 1.17 bits per heavy atom. The maximum Gasteiger partial charge on any atom is 0.224 e. The highest BCUT2D eigenvalue weighted by molar-refractivity contribution is 6.05. The van der Waals surface area contributed by atoms with Gasteiger partial charge in [-0.2, -0.15) is 0 Å². The van der Waals surface area contributed by atoms with E-state index in [2.05, 4.69) is 90.1 Å². The standard InChI is InChI=1S/C26H36NO2/c1-17-21-16-22(24(3,4)5)19-12-10-11-13-20(19)23(21)25(6,14-15-28)26(7,27(17)8)18(2)29-9/h10-13,16,28H,2,14-15H2,1,3-9H3/q+1. The summed E-state index contributed by atoms with van der Waals surface area (Å²) in [5.74, 6) is 0.713. The average molecular weight is 395 g/mol. The van der Waals surface area contributed by atoms with Gasteiger partial charge in [-0.25, -0.2) is 4.58 Å². The minimum absolute atomic E-state index is 0.0255. The number of rotatable bonds is 4. The van der Waals surface area contributed by atoms with Crippen LogP contribution in [0.5, 0.6) is 0 Å². The molecule has 3 rings (SSSR count). The Hall–Kier alpha value is -2.13. The molecule has 2 atom stereocenters. The van der Waals surface area contributed by atoms with E-state index in [4.69, 9.17) is 4.74 Å². The second-order valence-corrected chi connectivity index (χ2v) is 9.79. The van der Waals surface area contributed by atoms with Crippen LogP contribution < -0.4 is 0 Å². The Bertz CT molecular complexity index is 1010. The number of nitrogens with zero attached hydrogens (tertiary/aromatic N) is 1. The molecule has 0 aromatic heterocycles. The molecule has 0 saturated heterocycles. The molecule has 1 aliphatic heterocycles. The molecule has 1 heterocycles. The summed E-state index contributed by atoms with van der Waals surface area (Å²) in [7, 11) is 3.80. The maximum absolute atomic E-state index is 10.1. The number of aliphatic hydroxyl groups is 1. The fourth-order valence-electron chi connectivity index (χ4n) is 5.29. The summed E-state index contributed by atoms with van der Waals surface area (Å²) in [6.45, 7) is 17.8. The van der Waals surface area contributed by atoms with Gasteiger partial charge >= 0.3 is 0 Å². The van der Waals surface area contributed by atoms with Crippen molar-refractivity contribution in [1.29, 1.82) is 0 Å².